The second-order valence-electron chi connectivity index (χ2n) is 0.504. The maximum absolute atomic E-state index is 5.77. The molecule has 0 spiro atoms. The molecule has 0 bridgehead atoms. The predicted molar refractivity (Wildman–Crippen MR) is 36.3 cm³/mol. The fraction of sp³-hybridized carbons (Fsp3) is 0. The summed E-state index contributed by atoms with van der Waals surface area (Å²) in [4.78, 5) is 0. The quantitative estimate of drug-likeness (QED) is 0.319. The topological polar surface area (TPSA) is 75.9 Å². The summed E-state index contributed by atoms with van der Waals surface area (Å²) in [6, 6.07) is 0. The molecular formula is C2H5N3S2. The molecule has 0 aromatic heterocycles. The van der Waals surface area contributed by atoms with E-state index in [4.69, 9.17) is 5.41 Å². The molecule has 0 saturated carbocycles. The van der Waals surface area contributed by atoms with Gasteiger partial charge in [-0.05, 0) is 24.4 Å². The summed E-state index contributed by atoms with van der Waals surface area (Å²) >= 11 is 7.90. The zero-order valence-corrected chi connectivity index (χ0v) is 5.10. The molecule has 7 heavy (non-hydrogen) atoms. The van der Waals surface area contributed by atoms with Crippen LogP contribution in [0.3, 0.4) is 0 Å². The highest BCUT2D eigenvalue weighted by atomic mass is 32.1. The summed E-state index contributed by atoms with van der Waals surface area (Å²) in [5, 5.41) is 7.36. The third-order valence-corrected chi connectivity index (χ3v) is 0. The van der Waals surface area contributed by atoms with E-state index in [-0.39, 0.29) is 5.11 Å². The number of nitrogens with two attached hydrogens (primary N) is 2. The molecule has 0 aliphatic heterocycles. The van der Waals surface area contributed by atoms with Crippen molar-refractivity contribution in [2.45, 2.75) is 0 Å². The summed E-state index contributed by atoms with van der Waals surface area (Å²) in [5.74, 6) is 0. The molecule has 3 nitrogen and oxygen atoms in total. The number of hydrogen-bond donors (Lipinski definition) is 3. The van der Waals surface area contributed by atoms with Crippen LogP contribution in [0.25, 0.3) is 0 Å². The van der Waals surface area contributed by atoms with Crippen LogP contribution >= 0.6 is 24.4 Å². The van der Waals surface area contributed by atoms with Crippen LogP contribution in [0.2, 0.25) is 0 Å². The van der Waals surface area contributed by atoms with Crippen LogP contribution in [-0.4, -0.2) is 10.3 Å². The Morgan fingerprint density at radius 3 is 1.57 bits per heavy atom. The van der Waals surface area contributed by atoms with Crippen molar-refractivity contribution in [3.63, 3.8) is 0 Å². The van der Waals surface area contributed by atoms with Gasteiger partial charge < -0.3 is 11.5 Å². The summed E-state index contributed by atoms with van der Waals surface area (Å²) in [6.07, 6.45) is 0. The van der Waals surface area contributed by atoms with Gasteiger partial charge in [-0.1, -0.05) is 0 Å². The Balaban J connectivity index is 0. The van der Waals surface area contributed by atoms with Crippen LogP contribution in [0, 0.1) is 5.41 Å². The molecule has 0 amide bonds. The van der Waals surface area contributed by atoms with Gasteiger partial charge in [0.1, 0.15) is 0 Å². The molecule has 0 rings (SSSR count). The van der Waals surface area contributed by atoms with Crippen molar-refractivity contribution in [2.75, 3.05) is 0 Å². The molecule has 0 aliphatic carbocycles. The summed E-state index contributed by atoms with van der Waals surface area (Å²) in [6.45, 7) is 0. The van der Waals surface area contributed by atoms with Crippen molar-refractivity contribution in [1.82, 2.24) is 0 Å². The lowest BCUT2D eigenvalue weighted by molar-refractivity contribution is 1.61. The average molecular weight is 135 g/mol. The van der Waals surface area contributed by atoms with Gasteiger partial charge in [0.15, 0.2) is 5.11 Å². The number of hydrogen-bond acceptors (Lipinski definition) is 3. The largest absolute Gasteiger partial charge is 0.377 e. The molecule has 0 heterocycles. The zero-order chi connectivity index (χ0) is 6.28. The lowest BCUT2D eigenvalue weighted by atomic mass is 11.3. The summed E-state index contributed by atoms with van der Waals surface area (Å²) in [7, 11) is 0. The van der Waals surface area contributed by atoms with E-state index >= 15 is 0 Å². The second kappa shape index (κ2) is 9.09. The van der Waals surface area contributed by atoms with Crippen LogP contribution in [0.1, 0.15) is 0 Å². The highest BCUT2D eigenvalue weighted by Gasteiger charge is 1.53. The van der Waals surface area contributed by atoms with Gasteiger partial charge in [0.2, 0.25) is 0 Å². The van der Waals surface area contributed by atoms with Gasteiger partial charge in [-0.3, -0.25) is 0 Å². The molecule has 5 N–H and O–H groups in total. The van der Waals surface area contributed by atoms with Crippen molar-refractivity contribution >= 4 is 34.7 Å². The van der Waals surface area contributed by atoms with Crippen LogP contribution in [0.5, 0.6) is 0 Å². The average Bonchev–Trinajstić information content (AvgIpc) is 1.33. The molecule has 5 heteroatoms. The van der Waals surface area contributed by atoms with Crippen LogP contribution < -0.4 is 11.5 Å². The Morgan fingerprint density at radius 1 is 1.57 bits per heavy atom. The first-order chi connectivity index (χ1) is 3.15. The summed E-state index contributed by atoms with van der Waals surface area (Å²) < 4.78 is 0. The van der Waals surface area contributed by atoms with E-state index in [1.54, 1.807) is 5.16 Å². The lowest BCUT2D eigenvalue weighted by Gasteiger charge is -1.68. The minimum Gasteiger partial charge on any atom is -0.377 e. The Morgan fingerprint density at radius 2 is 1.57 bits per heavy atom. The molecule has 0 aliphatic rings. The zero-order valence-electron chi connectivity index (χ0n) is 3.47. The maximum atomic E-state index is 5.77. The highest BCUT2D eigenvalue weighted by molar-refractivity contribution is 7.80. The van der Waals surface area contributed by atoms with Gasteiger partial charge in [0, 0.05) is 0 Å². The van der Waals surface area contributed by atoms with Gasteiger partial charge in [0.25, 0.3) is 0 Å². The van der Waals surface area contributed by atoms with E-state index in [1.165, 1.54) is 0 Å². The van der Waals surface area contributed by atoms with E-state index in [0.29, 0.717) is 0 Å². The van der Waals surface area contributed by atoms with Gasteiger partial charge in [-0.2, -0.15) is 0 Å². The monoisotopic (exact) mass is 135 g/mol. The molecule has 0 atom stereocenters. The van der Waals surface area contributed by atoms with Crippen LogP contribution in [0.15, 0.2) is 0 Å². The molecular weight excluding hydrogens is 130 g/mol. The van der Waals surface area contributed by atoms with E-state index < -0.39 is 0 Å². The first-order valence-electron chi connectivity index (χ1n) is 1.24. The fourth-order valence-electron chi connectivity index (χ4n) is 0. The summed E-state index contributed by atoms with van der Waals surface area (Å²) in [5.41, 5.74) is 9.24. The Kier molecular flexibility index (Phi) is 12.6. The predicted octanol–water partition coefficient (Wildman–Crippen LogP) is -0.143. The Hall–Kier alpha value is -0.510. The van der Waals surface area contributed by atoms with Crippen molar-refractivity contribution < 1.29 is 0 Å². The molecule has 0 saturated heterocycles. The highest BCUT2D eigenvalue weighted by Crippen LogP contribution is 1.32. The van der Waals surface area contributed by atoms with Gasteiger partial charge in [-0.25, -0.2) is 5.41 Å². The molecule has 0 unspecified atom stereocenters. The molecule has 0 aromatic carbocycles. The second-order valence-corrected chi connectivity index (χ2v) is 1.18. The van der Waals surface area contributed by atoms with E-state index in [9.17, 15) is 0 Å². The van der Waals surface area contributed by atoms with Crippen molar-refractivity contribution in [3.8, 4) is 0 Å². The third-order valence-electron chi connectivity index (χ3n) is 0. The third kappa shape index (κ3) is 257. The smallest absolute Gasteiger partial charge is 0.160 e. The SMILES string of the molecule is N=C=S.NC(N)=S. The number of thiocarbonyl (C=S) groups is 2. The Bertz CT molecular complexity index is 78.9. The van der Waals surface area contributed by atoms with Crippen molar-refractivity contribution in [3.05, 3.63) is 0 Å². The Labute approximate surface area is 52.2 Å². The molecule has 40 valence electrons. The molecule has 0 fully saturated rings. The lowest BCUT2D eigenvalue weighted by Crippen LogP contribution is -2.18. The minimum atomic E-state index is 0.000000000000000222. The van der Waals surface area contributed by atoms with Gasteiger partial charge in [-0.15, -0.1) is 0 Å². The van der Waals surface area contributed by atoms with Crippen molar-refractivity contribution in [1.29, 1.82) is 5.41 Å². The molecule has 0 radical (unpaired) electrons. The standard InChI is InChI=1S/CH4N2S.CHNS/c2-1(3)4;2-1-3/h(H4,2,3,4);2H. The number of isothiocyanates is 1. The fourth-order valence-corrected chi connectivity index (χ4v) is 0. The van der Waals surface area contributed by atoms with Gasteiger partial charge in [0.05, 0.1) is 5.16 Å². The first-order valence-corrected chi connectivity index (χ1v) is 2.05. The maximum Gasteiger partial charge on any atom is 0.160 e. The van der Waals surface area contributed by atoms with Crippen molar-refractivity contribution in [2.24, 2.45) is 11.5 Å². The van der Waals surface area contributed by atoms with E-state index in [0.717, 1.165) is 0 Å². The van der Waals surface area contributed by atoms with Crippen LogP contribution in [-0.2, 0) is 0 Å². The molecule has 0 aromatic rings. The van der Waals surface area contributed by atoms with E-state index in [1.807, 2.05) is 0 Å². The number of nitrogens with one attached hydrogen (secondary N) is 1. The van der Waals surface area contributed by atoms with E-state index in [2.05, 4.69) is 35.9 Å². The normalized spacial score (nSPS) is 4.57. The first kappa shape index (κ1) is 9.70. The number of rotatable bonds is 0. The minimum absolute atomic E-state index is 0.000000000000000222. The van der Waals surface area contributed by atoms with Gasteiger partial charge >= 0.3 is 0 Å². The van der Waals surface area contributed by atoms with Crippen LogP contribution in [0.4, 0.5) is 0 Å².